The molecule has 20 heavy (non-hydrogen) atoms. The molecule has 112 valence electrons. The molecule has 2 nitrogen and oxygen atoms in total. The minimum atomic E-state index is -0.477. The smallest absolute Gasteiger partial charge is 0.130 e. The van der Waals surface area contributed by atoms with Crippen LogP contribution >= 0.6 is 0 Å². The number of rotatable bonds is 5. The summed E-state index contributed by atoms with van der Waals surface area (Å²) >= 11 is 0. The molecule has 1 fully saturated rings. The quantitative estimate of drug-likeness (QED) is 0.889. The zero-order valence-corrected chi connectivity index (χ0v) is 12.3. The van der Waals surface area contributed by atoms with Crippen molar-refractivity contribution in [1.82, 2.24) is 10.2 Å². The van der Waals surface area contributed by atoms with Gasteiger partial charge in [0.1, 0.15) is 11.6 Å². The summed E-state index contributed by atoms with van der Waals surface area (Å²) in [5, 5.41) is 3.30. The van der Waals surface area contributed by atoms with Crippen LogP contribution in [-0.4, -0.2) is 30.6 Å². The van der Waals surface area contributed by atoms with Gasteiger partial charge < -0.3 is 10.2 Å². The molecule has 1 aromatic carbocycles. The number of halogens is 2. The summed E-state index contributed by atoms with van der Waals surface area (Å²) in [5.74, 6) is -0.953. The summed E-state index contributed by atoms with van der Waals surface area (Å²) < 4.78 is 27.4. The highest BCUT2D eigenvalue weighted by Gasteiger charge is 2.19. The Balaban J connectivity index is 1.91. The molecule has 2 rings (SSSR count). The second-order valence-corrected chi connectivity index (χ2v) is 5.79. The first-order valence-electron chi connectivity index (χ1n) is 7.50. The number of hydrogen-bond acceptors (Lipinski definition) is 2. The standard InChI is InChI=1S/C16H24F2N2/c1-12(11-20-9-4-3-5-10-20)19-13(2)16-14(17)7-6-8-15(16)18/h6-8,12-13,19H,3-5,9-11H2,1-2H3. The van der Waals surface area contributed by atoms with Crippen molar-refractivity contribution in [3.05, 3.63) is 35.4 Å². The van der Waals surface area contributed by atoms with E-state index in [1.54, 1.807) is 0 Å². The first-order valence-corrected chi connectivity index (χ1v) is 7.50. The third-order valence-corrected chi connectivity index (χ3v) is 3.95. The van der Waals surface area contributed by atoms with Gasteiger partial charge in [-0.25, -0.2) is 8.78 Å². The molecule has 0 bridgehead atoms. The summed E-state index contributed by atoms with van der Waals surface area (Å²) in [4.78, 5) is 2.42. The lowest BCUT2D eigenvalue weighted by molar-refractivity contribution is 0.204. The fraction of sp³-hybridized carbons (Fsp3) is 0.625. The maximum Gasteiger partial charge on any atom is 0.130 e. The van der Waals surface area contributed by atoms with E-state index in [4.69, 9.17) is 0 Å². The van der Waals surface area contributed by atoms with Crippen LogP contribution in [0.5, 0.6) is 0 Å². The largest absolute Gasteiger partial charge is 0.306 e. The van der Waals surface area contributed by atoms with Crippen LogP contribution in [0.2, 0.25) is 0 Å². The molecule has 4 heteroatoms. The lowest BCUT2D eigenvalue weighted by atomic mass is 10.1. The average molecular weight is 282 g/mol. The van der Waals surface area contributed by atoms with E-state index in [9.17, 15) is 8.78 Å². The number of piperidine rings is 1. The van der Waals surface area contributed by atoms with Crippen molar-refractivity contribution in [2.75, 3.05) is 19.6 Å². The van der Waals surface area contributed by atoms with E-state index in [-0.39, 0.29) is 17.6 Å². The fourth-order valence-corrected chi connectivity index (χ4v) is 3.02. The van der Waals surface area contributed by atoms with Crippen LogP contribution in [0.4, 0.5) is 8.78 Å². The number of nitrogens with one attached hydrogen (secondary N) is 1. The van der Waals surface area contributed by atoms with E-state index in [1.165, 1.54) is 37.5 Å². The van der Waals surface area contributed by atoms with Gasteiger partial charge in [0.2, 0.25) is 0 Å². The van der Waals surface area contributed by atoms with Crippen LogP contribution in [0.1, 0.15) is 44.7 Å². The molecule has 0 spiro atoms. The molecule has 0 aliphatic carbocycles. The van der Waals surface area contributed by atoms with Gasteiger partial charge in [-0.1, -0.05) is 12.5 Å². The molecule has 1 N–H and O–H groups in total. The maximum absolute atomic E-state index is 13.7. The third kappa shape index (κ3) is 4.00. The summed E-state index contributed by atoms with van der Waals surface area (Å²) in [6.07, 6.45) is 3.82. The van der Waals surface area contributed by atoms with Crippen LogP contribution in [0.25, 0.3) is 0 Å². The molecule has 2 unspecified atom stereocenters. The Kier molecular flexibility index (Phi) is 5.49. The van der Waals surface area contributed by atoms with Gasteiger partial charge >= 0.3 is 0 Å². The molecule has 1 aromatic rings. The van der Waals surface area contributed by atoms with Crippen molar-refractivity contribution < 1.29 is 8.78 Å². The minimum absolute atomic E-state index is 0.137. The molecule has 1 saturated heterocycles. The molecular weight excluding hydrogens is 258 g/mol. The minimum Gasteiger partial charge on any atom is -0.306 e. The molecule has 1 heterocycles. The summed E-state index contributed by atoms with van der Waals surface area (Å²) in [5.41, 5.74) is 0.137. The number of hydrogen-bond donors (Lipinski definition) is 1. The Morgan fingerprint density at radius 3 is 2.30 bits per heavy atom. The predicted octanol–water partition coefficient (Wildman–Crippen LogP) is 3.49. The Bertz CT molecular complexity index is 410. The maximum atomic E-state index is 13.7. The monoisotopic (exact) mass is 282 g/mol. The van der Waals surface area contributed by atoms with Gasteiger partial charge in [-0.05, 0) is 51.9 Å². The van der Waals surface area contributed by atoms with E-state index >= 15 is 0 Å². The van der Waals surface area contributed by atoms with Gasteiger partial charge in [0.15, 0.2) is 0 Å². The predicted molar refractivity (Wildman–Crippen MR) is 77.7 cm³/mol. The lowest BCUT2D eigenvalue weighted by Crippen LogP contribution is -2.42. The summed E-state index contributed by atoms with van der Waals surface area (Å²) in [7, 11) is 0. The van der Waals surface area contributed by atoms with Crippen molar-refractivity contribution in [2.45, 2.75) is 45.2 Å². The highest BCUT2D eigenvalue weighted by atomic mass is 19.1. The van der Waals surface area contributed by atoms with Gasteiger partial charge in [-0.15, -0.1) is 0 Å². The zero-order valence-electron chi connectivity index (χ0n) is 12.3. The van der Waals surface area contributed by atoms with Gasteiger partial charge in [0, 0.05) is 24.2 Å². The number of nitrogens with zero attached hydrogens (tertiary/aromatic N) is 1. The molecule has 1 aliphatic heterocycles. The Labute approximate surface area is 120 Å². The molecule has 2 atom stereocenters. The van der Waals surface area contributed by atoms with E-state index in [1.807, 2.05) is 6.92 Å². The van der Waals surface area contributed by atoms with Gasteiger partial charge in [-0.2, -0.15) is 0 Å². The molecular formula is C16H24F2N2. The first kappa shape index (κ1) is 15.4. The molecule has 0 amide bonds. The molecule has 0 saturated carbocycles. The number of benzene rings is 1. The van der Waals surface area contributed by atoms with Crippen LogP contribution in [0, 0.1) is 11.6 Å². The lowest BCUT2D eigenvalue weighted by Gasteiger charge is -2.30. The van der Waals surface area contributed by atoms with Crippen LogP contribution in [0.3, 0.4) is 0 Å². The Hall–Kier alpha value is -1.00. The topological polar surface area (TPSA) is 15.3 Å². The van der Waals surface area contributed by atoms with Gasteiger partial charge in [0.25, 0.3) is 0 Å². The highest BCUT2D eigenvalue weighted by molar-refractivity contribution is 5.22. The van der Waals surface area contributed by atoms with Crippen LogP contribution in [-0.2, 0) is 0 Å². The normalized spacial score (nSPS) is 19.8. The van der Waals surface area contributed by atoms with E-state index in [0.29, 0.717) is 0 Å². The van der Waals surface area contributed by atoms with Crippen molar-refractivity contribution in [2.24, 2.45) is 0 Å². The third-order valence-electron chi connectivity index (χ3n) is 3.95. The van der Waals surface area contributed by atoms with Crippen molar-refractivity contribution in [3.63, 3.8) is 0 Å². The summed E-state index contributed by atoms with van der Waals surface area (Å²) in [6, 6.07) is 3.91. The SMILES string of the molecule is CC(CN1CCCCC1)NC(C)c1c(F)cccc1F. The fourth-order valence-electron chi connectivity index (χ4n) is 3.02. The second kappa shape index (κ2) is 7.14. The van der Waals surface area contributed by atoms with Gasteiger partial charge in [-0.3, -0.25) is 0 Å². The van der Waals surface area contributed by atoms with E-state index in [2.05, 4.69) is 17.1 Å². The van der Waals surface area contributed by atoms with Crippen LogP contribution in [0.15, 0.2) is 18.2 Å². The van der Waals surface area contributed by atoms with E-state index < -0.39 is 11.6 Å². The summed E-state index contributed by atoms with van der Waals surface area (Å²) in [6.45, 7) is 7.08. The van der Waals surface area contributed by atoms with Crippen molar-refractivity contribution in [3.8, 4) is 0 Å². The molecule has 1 aliphatic rings. The van der Waals surface area contributed by atoms with Gasteiger partial charge in [0.05, 0.1) is 0 Å². The Morgan fingerprint density at radius 2 is 1.70 bits per heavy atom. The van der Waals surface area contributed by atoms with Crippen molar-refractivity contribution >= 4 is 0 Å². The van der Waals surface area contributed by atoms with Crippen molar-refractivity contribution in [1.29, 1.82) is 0 Å². The average Bonchev–Trinajstić information content (AvgIpc) is 2.39. The molecule has 0 aromatic heterocycles. The van der Waals surface area contributed by atoms with Crippen LogP contribution < -0.4 is 5.32 Å². The van der Waals surface area contributed by atoms with E-state index in [0.717, 1.165) is 19.6 Å². The Morgan fingerprint density at radius 1 is 1.10 bits per heavy atom. The first-order chi connectivity index (χ1) is 9.58. The molecule has 0 radical (unpaired) electrons. The highest BCUT2D eigenvalue weighted by Crippen LogP contribution is 2.21. The second-order valence-electron chi connectivity index (χ2n) is 5.79. The zero-order chi connectivity index (χ0) is 14.5. The number of likely N-dealkylation sites (tertiary alicyclic amines) is 1.